The fourth-order valence-electron chi connectivity index (χ4n) is 3.29. The van der Waals surface area contributed by atoms with Crippen molar-refractivity contribution in [3.8, 4) is 0 Å². The molecule has 3 heterocycles. The number of aryl methyl sites for hydroxylation is 2. The molecule has 0 atom stereocenters. The van der Waals surface area contributed by atoms with Crippen LogP contribution >= 0.6 is 0 Å². The van der Waals surface area contributed by atoms with E-state index in [4.69, 9.17) is 5.73 Å². The van der Waals surface area contributed by atoms with Crippen molar-refractivity contribution in [3.05, 3.63) is 59.0 Å². The quantitative estimate of drug-likeness (QED) is 0.581. The predicted molar refractivity (Wildman–Crippen MR) is 96.6 cm³/mol. The highest BCUT2D eigenvalue weighted by Gasteiger charge is 2.17. The van der Waals surface area contributed by atoms with Crippen LogP contribution in [0.2, 0.25) is 0 Å². The topological polar surface area (TPSA) is 90.2 Å². The minimum absolute atomic E-state index is 0.199. The molecule has 0 spiro atoms. The van der Waals surface area contributed by atoms with Crippen LogP contribution in [0.3, 0.4) is 0 Å². The lowest BCUT2D eigenvalue weighted by Crippen LogP contribution is -2.20. The molecule has 9 heteroatoms. The molecular formula is C18H16F2N6O. The number of halogens is 2. The lowest BCUT2D eigenvalue weighted by Gasteiger charge is -2.11. The second kappa shape index (κ2) is 6.04. The van der Waals surface area contributed by atoms with Crippen LogP contribution in [-0.4, -0.2) is 25.2 Å². The van der Waals surface area contributed by atoms with Crippen LogP contribution in [-0.2, 0) is 6.54 Å². The van der Waals surface area contributed by atoms with E-state index >= 15 is 0 Å². The first-order valence-electron chi connectivity index (χ1n) is 8.20. The summed E-state index contributed by atoms with van der Waals surface area (Å²) in [6.45, 7) is 3.87. The number of hydrogen-bond donors (Lipinski definition) is 2. The highest BCUT2D eigenvalue weighted by atomic mass is 19.1. The van der Waals surface area contributed by atoms with E-state index in [1.807, 2.05) is 17.6 Å². The first kappa shape index (κ1) is 17.0. The zero-order valence-corrected chi connectivity index (χ0v) is 14.6. The number of carbonyl (C=O) groups excluding carboxylic acids is 1. The smallest absolute Gasteiger partial charge is 0.316 e. The Morgan fingerprint density at radius 1 is 1.15 bits per heavy atom. The van der Waals surface area contributed by atoms with Gasteiger partial charge in [-0.2, -0.15) is 0 Å². The van der Waals surface area contributed by atoms with Crippen molar-refractivity contribution in [2.45, 2.75) is 20.4 Å². The fraction of sp³-hybridized carbons (Fsp3) is 0.167. The first-order chi connectivity index (χ1) is 12.8. The van der Waals surface area contributed by atoms with Crippen LogP contribution in [0.25, 0.3) is 16.7 Å². The number of anilines is 1. The summed E-state index contributed by atoms with van der Waals surface area (Å²) in [6, 6.07) is 6.42. The van der Waals surface area contributed by atoms with E-state index < -0.39 is 17.7 Å². The zero-order valence-electron chi connectivity index (χ0n) is 14.6. The molecule has 138 valence electrons. The monoisotopic (exact) mass is 370 g/mol. The maximum atomic E-state index is 14.1. The molecule has 0 aliphatic heterocycles. The van der Waals surface area contributed by atoms with Gasteiger partial charge in [-0.3, -0.25) is 4.40 Å². The van der Waals surface area contributed by atoms with Gasteiger partial charge in [0.05, 0.1) is 23.3 Å². The number of fused-ring (bicyclic) bond motifs is 3. The van der Waals surface area contributed by atoms with Gasteiger partial charge in [-0.15, -0.1) is 10.2 Å². The number of nitrogens with zero attached hydrogens (tertiary/aromatic N) is 4. The molecule has 27 heavy (non-hydrogen) atoms. The van der Waals surface area contributed by atoms with Gasteiger partial charge >= 0.3 is 6.03 Å². The van der Waals surface area contributed by atoms with Crippen LogP contribution in [0.1, 0.15) is 17.1 Å². The summed E-state index contributed by atoms with van der Waals surface area (Å²) in [5.74, 6) is -0.610. The van der Waals surface area contributed by atoms with E-state index in [9.17, 15) is 13.6 Å². The van der Waals surface area contributed by atoms with Crippen molar-refractivity contribution in [1.29, 1.82) is 0 Å². The van der Waals surface area contributed by atoms with Crippen molar-refractivity contribution in [3.63, 3.8) is 0 Å². The Kier molecular flexibility index (Phi) is 3.79. The van der Waals surface area contributed by atoms with Gasteiger partial charge < -0.3 is 15.6 Å². The molecule has 0 saturated carbocycles. The SMILES string of the molecule is Cc1cc2c(cc(NC(N)=O)c3nnc(C)n32)n1Cc1ccc(F)cc1F. The summed E-state index contributed by atoms with van der Waals surface area (Å²) < 4.78 is 31.0. The van der Waals surface area contributed by atoms with Crippen LogP contribution in [0.15, 0.2) is 30.3 Å². The highest BCUT2D eigenvalue weighted by molar-refractivity contribution is 5.96. The fourth-order valence-corrected chi connectivity index (χ4v) is 3.29. The predicted octanol–water partition coefficient (Wildman–Crippen LogP) is 3.12. The van der Waals surface area contributed by atoms with Crippen molar-refractivity contribution in [2.75, 3.05) is 5.32 Å². The number of hydrogen-bond acceptors (Lipinski definition) is 3. The third-order valence-electron chi connectivity index (χ3n) is 4.51. The average Bonchev–Trinajstić information content (AvgIpc) is 3.11. The third-order valence-corrected chi connectivity index (χ3v) is 4.51. The number of pyridine rings is 1. The lowest BCUT2D eigenvalue weighted by molar-refractivity contribution is 0.259. The molecule has 1 aromatic carbocycles. The van der Waals surface area contributed by atoms with Gasteiger partial charge in [0.15, 0.2) is 5.65 Å². The molecule has 4 aromatic rings. The number of carbonyl (C=O) groups is 1. The van der Waals surface area contributed by atoms with Crippen LogP contribution < -0.4 is 11.1 Å². The molecule has 0 unspecified atom stereocenters. The van der Waals surface area contributed by atoms with Crippen LogP contribution in [0, 0.1) is 25.5 Å². The summed E-state index contributed by atoms with van der Waals surface area (Å²) in [5.41, 5.74) is 8.88. The Hall–Kier alpha value is -3.49. The largest absolute Gasteiger partial charge is 0.351 e. The van der Waals surface area contributed by atoms with E-state index in [2.05, 4.69) is 15.5 Å². The molecule has 3 N–H and O–H groups in total. The molecular weight excluding hydrogens is 354 g/mol. The lowest BCUT2D eigenvalue weighted by atomic mass is 10.2. The minimum Gasteiger partial charge on any atom is -0.351 e. The Balaban J connectivity index is 1.96. The second-order valence-corrected chi connectivity index (χ2v) is 6.33. The normalized spacial score (nSPS) is 11.4. The van der Waals surface area contributed by atoms with Gasteiger partial charge in [-0.1, -0.05) is 6.07 Å². The molecule has 3 aromatic heterocycles. The minimum atomic E-state index is -0.726. The Labute approximate surface area is 152 Å². The average molecular weight is 370 g/mol. The number of nitrogens with two attached hydrogens (primary N) is 1. The molecule has 0 radical (unpaired) electrons. The summed E-state index contributed by atoms with van der Waals surface area (Å²) >= 11 is 0. The van der Waals surface area contributed by atoms with Gasteiger partial charge in [0, 0.05) is 17.3 Å². The maximum absolute atomic E-state index is 14.1. The van der Waals surface area contributed by atoms with Gasteiger partial charge in [0.1, 0.15) is 17.5 Å². The number of primary amides is 1. The standard InChI is InChI=1S/C18H16F2N6O/c1-9-5-16-15(25(9)8-11-3-4-12(19)6-13(11)20)7-14(22-18(21)27)17-24-23-10(2)26(16)17/h3-7H,8H2,1-2H3,(H3,21,22,27). The Morgan fingerprint density at radius 2 is 1.93 bits per heavy atom. The van der Waals surface area contributed by atoms with Gasteiger partial charge in [-0.05, 0) is 32.0 Å². The van der Waals surface area contributed by atoms with Crippen LogP contribution in [0.4, 0.5) is 19.3 Å². The van der Waals surface area contributed by atoms with E-state index in [-0.39, 0.29) is 6.54 Å². The van der Waals surface area contributed by atoms with E-state index in [0.717, 1.165) is 22.8 Å². The van der Waals surface area contributed by atoms with Gasteiger partial charge in [0.25, 0.3) is 0 Å². The Morgan fingerprint density at radius 3 is 2.63 bits per heavy atom. The first-order valence-corrected chi connectivity index (χ1v) is 8.20. The summed E-state index contributed by atoms with van der Waals surface area (Å²) in [6.07, 6.45) is 0. The number of rotatable bonds is 3. The van der Waals surface area contributed by atoms with Crippen molar-refractivity contribution < 1.29 is 13.6 Å². The van der Waals surface area contributed by atoms with E-state index in [1.165, 1.54) is 12.1 Å². The maximum Gasteiger partial charge on any atom is 0.316 e. The van der Waals surface area contributed by atoms with Crippen LogP contribution in [0.5, 0.6) is 0 Å². The van der Waals surface area contributed by atoms with Gasteiger partial charge in [-0.25, -0.2) is 13.6 Å². The van der Waals surface area contributed by atoms with Gasteiger partial charge in [0.2, 0.25) is 0 Å². The zero-order chi connectivity index (χ0) is 19.3. The summed E-state index contributed by atoms with van der Waals surface area (Å²) in [5, 5.41) is 10.7. The van der Waals surface area contributed by atoms with E-state index in [0.29, 0.717) is 22.7 Å². The summed E-state index contributed by atoms with van der Waals surface area (Å²) in [4.78, 5) is 11.4. The molecule has 0 bridgehead atoms. The van der Waals surface area contributed by atoms with Crippen molar-refractivity contribution in [2.24, 2.45) is 5.73 Å². The molecule has 7 nitrogen and oxygen atoms in total. The molecule has 0 aliphatic rings. The molecule has 2 amide bonds. The van der Waals surface area contributed by atoms with Crippen molar-refractivity contribution >= 4 is 28.4 Å². The third kappa shape index (κ3) is 2.77. The number of nitrogens with one attached hydrogen (secondary N) is 1. The number of urea groups is 1. The number of amides is 2. The molecule has 4 rings (SSSR count). The summed E-state index contributed by atoms with van der Waals surface area (Å²) in [7, 11) is 0. The number of aromatic nitrogens is 4. The molecule has 0 aliphatic carbocycles. The van der Waals surface area contributed by atoms with Crippen molar-refractivity contribution in [1.82, 2.24) is 19.2 Å². The Bertz CT molecular complexity index is 1210. The number of benzene rings is 1. The van der Waals surface area contributed by atoms with E-state index in [1.54, 1.807) is 17.4 Å². The second-order valence-electron chi connectivity index (χ2n) is 6.33. The molecule has 0 fully saturated rings. The molecule has 0 saturated heterocycles. The highest BCUT2D eigenvalue weighted by Crippen LogP contribution is 2.28.